The van der Waals surface area contributed by atoms with Crippen molar-refractivity contribution in [2.75, 3.05) is 6.54 Å². The van der Waals surface area contributed by atoms with Crippen LogP contribution in [0.3, 0.4) is 0 Å². The Morgan fingerprint density at radius 1 is 1.62 bits per heavy atom. The van der Waals surface area contributed by atoms with E-state index in [1.165, 1.54) is 6.08 Å². The fourth-order valence-corrected chi connectivity index (χ4v) is 1.29. The van der Waals surface area contributed by atoms with E-state index >= 15 is 0 Å². The molecule has 86 valence electrons. The first-order valence-corrected chi connectivity index (χ1v) is 5.35. The number of amides is 1. The number of carbonyl (C=O) groups excluding carboxylic acids is 1. The Bertz CT molecular complexity index is 388. The SMILES string of the molecule is CC(O)CNC(=O)/C=C/c1cccc(Cl)c1. The van der Waals surface area contributed by atoms with Gasteiger partial charge in [-0.3, -0.25) is 4.79 Å². The molecule has 1 amide bonds. The molecule has 1 rings (SSSR count). The molecule has 0 spiro atoms. The van der Waals surface area contributed by atoms with Crippen molar-refractivity contribution >= 4 is 23.6 Å². The average Bonchev–Trinajstić information content (AvgIpc) is 2.23. The highest BCUT2D eigenvalue weighted by Gasteiger charge is 1.98. The van der Waals surface area contributed by atoms with E-state index in [4.69, 9.17) is 16.7 Å². The standard InChI is InChI=1S/C12H14ClNO2/c1-9(15)8-14-12(16)6-5-10-3-2-4-11(13)7-10/h2-7,9,15H,8H2,1H3,(H,14,16)/b6-5+. The Kier molecular flexibility index (Phi) is 5.02. The van der Waals surface area contributed by atoms with Crippen LogP contribution in [0.2, 0.25) is 5.02 Å². The molecule has 0 aliphatic carbocycles. The zero-order valence-corrected chi connectivity index (χ0v) is 9.74. The molecular weight excluding hydrogens is 226 g/mol. The van der Waals surface area contributed by atoms with Gasteiger partial charge in [-0.1, -0.05) is 23.7 Å². The van der Waals surface area contributed by atoms with Crippen LogP contribution in [0.1, 0.15) is 12.5 Å². The number of aliphatic hydroxyl groups is 1. The van der Waals surface area contributed by atoms with Gasteiger partial charge < -0.3 is 10.4 Å². The second-order valence-corrected chi connectivity index (χ2v) is 3.92. The van der Waals surface area contributed by atoms with Gasteiger partial charge in [0.15, 0.2) is 0 Å². The van der Waals surface area contributed by atoms with Gasteiger partial charge in [0, 0.05) is 17.6 Å². The van der Waals surface area contributed by atoms with Crippen molar-refractivity contribution in [1.82, 2.24) is 5.32 Å². The highest BCUT2D eigenvalue weighted by molar-refractivity contribution is 6.30. The zero-order chi connectivity index (χ0) is 12.0. The van der Waals surface area contributed by atoms with Crippen molar-refractivity contribution in [2.24, 2.45) is 0 Å². The van der Waals surface area contributed by atoms with E-state index in [1.54, 1.807) is 25.1 Å². The Morgan fingerprint density at radius 3 is 3.00 bits per heavy atom. The Balaban J connectivity index is 2.50. The van der Waals surface area contributed by atoms with Crippen molar-refractivity contribution in [3.8, 4) is 0 Å². The van der Waals surface area contributed by atoms with Gasteiger partial charge in [0.25, 0.3) is 0 Å². The molecule has 4 heteroatoms. The maximum atomic E-state index is 11.3. The van der Waals surface area contributed by atoms with Crippen molar-refractivity contribution in [2.45, 2.75) is 13.0 Å². The summed E-state index contributed by atoms with van der Waals surface area (Å²) < 4.78 is 0. The molecule has 1 unspecified atom stereocenters. The monoisotopic (exact) mass is 239 g/mol. The number of carbonyl (C=O) groups is 1. The predicted molar refractivity (Wildman–Crippen MR) is 65.2 cm³/mol. The maximum Gasteiger partial charge on any atom is 0.244 e. The molecule has 0 radical (unpaired) electrons. The van der Waals surface area contributed by atoms with Gasteiger partial charge in [0.1, 0.15) is 0 Å². The van der Waals surface area contributed by atoms with Gasteiger partial charge in [-0.2, -0.15) is 0 Å². The Hall–Kier alpha value is -1.32. The molecule has 2 N–H and O–H groups in total. The minimum absolute atomic E-state index is 0.235. The second-order valence-electron chi connectivity index (χ2n) is 3.48. The molecule has 0 aliphatic rings. The molecule has 1 aromatic carbocycles. The summed E-state index contributed by atoms with van der Waals surface area (Å²) in [4.78, 5) is 11.3. The lowest BCUT2D eigenvalue weighted by Crippen LogP contribution is -2.28. The molecule has 0 bridgehead atoms. The van der Waals surface area contributed by atoms with E-state index in [0.29, 0.717) is 5.02 Å². The van der Waals surface area contributed by atoms with E-state index in [1.807, 2.05) is 12.1 Å². The van der Waals surface area contributed by atoms with Crippen molar-refractivity contribution in [3.63, 3.8) is 0 Å². The molecule has 16 heavy (non-hydrogen) atoms. The van der Waals surface area contributed by atoms with E-state index in [9.17, 15) is 4.79 Å². The Morgan fingerprint density at radius 2 is 2.38 bits per heavy atom. The third-order valence-corrected chi connectivity index (χ3v) is 2.08. The fraction of sp³-hybridized carbons (Fsp3) is 0.250. The first kappa shape index (κ1) is 12.7. The quantitative estimate of drug-likeness (QED) is 0.788. The molecule has 0 aromatic heterocycles. The minimum atomic E-state index is -0.538. The van der Waals surface area contributed by atoms with E-state index < -0.39 is 6.10 Å². The van der Waals surface area contributed by atoms with Crippen molar-refractivity contribution < 1.29 is 9.90 Å². The summed E-state index contributed by atoms with van der Waals surface area (Å²) in [6, 6.07) is 7.20. The normalized spacial score (nSPS) is 12.7. The van der Waals surface area contributed by atoms with Crippen LogP contribution >= 0.6 is 11.6 Å². The van der Waals surface area contributed by atoms with Gasteiger partial charge in [-0.15, -0.1) is 0 Å². The van der Waals surface area contributed by atoms with Gasteiger partial charge in [0.05, 0.1) is 6.10 Å². The number of aliphatic hydroxyl groups excluding tert-OH is 1. The summed E-state index contributed by atoms with van der Waals surface area (Å²) in [5.41, 5.74) is 0.861. The molecule has 3 nitrogen and oxygen atoms in total. The lowest BCUT2D eigenvalue weighted by Gasteiger charge is -2.03. The number of hydrogen-bond donors (Lipinski definition) is 2. The first-order valence-electron chi connectivity index (χ1n) is 4.97. The molecular formula is C12H14ClNO2. The lowest BCUT2D eigenvalue weighted by atomic mass is 10.2. The van der Waals surface area contributed by atoms with Crippen LogP contribution in [-0.4, -0.2) is 23.7 Å². The summed E-state index contributed by atoms with van der Waals surface area (Å²) in [5, 5.41) is 12.2. The zero-order valence-electron chi connectivity index (χ0n) is 8.98. The van der Waals surface area contributed by atoms with E-state index in [-0.39, 0.29) is 12.5 Å². The van der Waals surface area contributed by atoms with Crippen LogP contribution in [0.4, 0.5) is 0 Å². The summed E-state index contributed by atoms with van der Waals surface area (Å²) in [6.07, 6.45) is 2.54. The largest absolute Gasteiger partial charge is 0.392 e. The first-order chi connectivity index (χ1) is 7.58. The van der Waals surface area contributed by atoms with Gasteiger partial charge in [0.2, 0.25) is 5.91 Å². The topological polar surface area (TPSA) is 49.3 Å². The molecule has 1 atom stereocenters. The second kappa shape index (κ2) is 6.30. The van der Waals surface area contributed by atoms with Crippen LogP contribution in [-0.2, 0) is 4.79 Å². The van der Waals surface area contributed by atoms with Gasteiger partial charge >= 0.3 is 0 Å². The van der Waals surface area contributed by atoms with Crippen LogP contribution in [0, 0.1) is 0 Å². The van der Waals surface area contributed by atoms with Crippen molar-refractivity contribution in [3.05, 3.63) is 40.9 Å². The highest BCUT2D eigenvalue weighted by Crippen LogP contribution is 2.11. The summed E-state index contributed by atoms with van der Waals surface area (Å²) >= 11 is 5.80. The van der Waals surface area contributed by atoms with Crippen LogP contribution in [0.25, 0.3) is 6.08 Å². The van der Waals surface area contributed by atoms with Gasteiger partial charge in [-0.25, -0.2) is 0 Å². The molecule has 0 heterocycles. The molecule has 0 fully saturated rings. The van der Waals surface area contributed by atoms with E-state index in [0.717, 1.165) is 5.56 Å². The van der Waals surface area contributed by atoms with E-state index in [2.05, 4.69) is 5.32 Å². The summed E-state index contributed by atoms with van der Waals surface area (Å²) in [5.74, 6) is -0.235. The van der Waals surface area contributed by atoms with Crippen LogP contribution < -0.4 is 5.32 Å². The number of benzene rings is 1. The maximum absolute atomic E-state index is 11.3. The number of nitrogens with one attached hydrogen (secondary N) is 1. The van der Waals surface area contributed by atoms with Crippen LogP contribution in [0.5, 0.6) is 0 Å². The Labute approximate surface area is 99.7 Å². The molecule has 0 saturated heterocycles. The summed E-state index contributed by atoms with van der Waals surface area (Å²) in [6.45, 7) is 1.86. The third-order valence-electron chi connectivity index (χ3n) is 1.85. The summed E-state index contributed by atoms with van der Waals surface area (Å²) in [7, 11) is 0. The van der Waals surface area contributed by atoms with Gasteiger partial charge in [-0.05, 0) is 30.7 Å². The number of hydrogen-bond acceptors (Lipinski definition) is 2. The smallest absolute Gasteiger partial charge is 0.244 e. The molecule has 0 saturated carbocycles. The minimum Gasteiger partial charge on any atom is -0.392 e. The predicted octanol–water partition coefficient (Wildman–Crippen LogP) is 1.85. The number of rotatable bonds is 4. The third kappa shape index (κ3) is 4.96. The van der Waals surface area contributed by atoms with Crippen LogP contribution in [0.15, 0.2) is 30.3 Å². The average molecular weight is 240 g/mol. The number of halogens is 1. The fourth-order valence-electron chi connectivity index (χ4n) is 1.09. The molecule has 0 aliphatic heterocycles. The lowest BCUT2D eigenvalue weighted by molar-refractivity contribution is -0.116. The molecule has 1 aromatic rings. The highest BCUT2D eigenvalue weighted by atomic mass is 35.5. The van der Waals surface area contributed by atoms with Crippen molar-refractivity contribution in [1.29, 1.82) is 0 Å².